The third-order valence-electron chi connectivity index (χ3n) is 2.83. The number of carboxylic acids is 1. The Hall–Kier alpha value is -1.08. The topological polar surface area (TPSA) is 64.3 Å². The van der Waals surface area contributed by atoms with E-state index in [1.807, 2.05) is 0 Å². The lowest BCUT2D eigenvalue weighted by Gasteiger charge is -2.19. The number of carbonyl (C=O) groups is 1. The minimum Gasteiger partial charge on any atom is -0.481 e. The molecule has 0 aliphatic carbocycles. The number of unbranched alkanes of at least 4 members (excludes halogenated alkanes) is 1. The molecule has 1 atom stereocenters. The zero-order valence-electron chi connectivity index (χ0n) is 8.49. The summed E-state index contributed by atoms with van der Waals surface area (Å²) in [6.07, 6.45) is 2.11. The molecule has 1 rings (SSSR count). The molecule has 0 aromatic heterocycles. The van der Waals surface area contributed by atoms with Gasteiger partial charge in [0.25, 0.3) is 0 Å². The largest absolute Gasteiger partial charge is 0.481 e. The fourth-order valence-electron chi connectivity index (χ4n) is 1.80. The van der Waals surface area contributed by atoms with Crippen LogP contribution in [0.3, 0.4) is 0 Å². The van der Waals surface area contributed by atoms with E-state index in [2.05, 4.69) is 11.0 Å². The molecule has 4 heteroatoms. The highest BCUT2D eigenvalue weighted by Crippen LogP contribution is 2.29. The van der Waals surface area contributed by atoms with Gasteiger partial charge in [-0.1, -0.05) is 0 Å². The van der Waals surface area contributed by atoms with Gasteiger partial charge in [-0.25, -0.2) is 0 Å². The fourth-order valence-corrected chi connectivity index (χ4v) is 1.80. The van der Waals surface area contributed by atoms with Crippen molar-refractivity contribution in [1.82, 2.24) is 4.90 Å². The van der Waals surface area contributed by atoms with Crippen molar-refractivity contribution < 1.29 is 9.90 Å². The zero-order chi connectivity index (χ0) is 10.6. The Morgan fingerprint density at radius 3 is 2.93 bits per heavy atom. The maximum atomic E-state index is 10.9. The molecule has 1 fully saturated rings. The second kappa shape index (κ2) is 4.43. The smallest absolute Gasteiger partial charge is 0.310 e. The molecule has 1 unspecified atom stereocenters. The van der Waals surface area contributed by atoms with Crippen molar-refractivity contribution in [3.8, 4) is 6.07 Å². The van der Waals surface area contributed by atoms with Crippen LogP contribution in [0, 0.1) is 16.7 Å². The molecule has 1 heterocycles. The second-order valence-electron chi connectivity index (χ2n) is 4.15. The van der Waals surface area contributed by atoms with E-state index in [9.17, 15) is 4.79 Å². The number of aliphatic carboxylic acids is 1. The fraction of sp³-hybridized carbons (Fsp3) is 0.800. The maximum Gasteiger partial charge on any atom is 0.310 e. The molecular formula is C10H16N2O2. The van der Waals surface area contributed by atoms with Gasteiger partial charge in [0.2, 0.25) is 0 Å². The van der Waals surface area contributed by atoms with E-state index in [1.165, 1.54) is 0 Å². The normalized spacial score (nSPS) is 27.4. The summed E-state index contributed by atoms with van der Waals surface area (Å²) >= 11 is 0. The SMILES string of the molecule is CC1(C(=O)O)CCN(CCCC#N)C1. The van der Waals surface area contributed by atoms with Crippen LogP contribution in [-0.2, 0) is 4.79 Å². The van der Waals surface area contributed by atoms with Crippen molar-refractivity contribution in [1.29, 1.82) is 5.26 Å². The molecule has 78 valence electrons. The standard InChI is InChI=1S/C10H16N2O2/c1-10(9(13)14)4-7-12(8-10)6-3-2-5-11/h2-4,6-8H2,1H3,(H,13,14). The number of rotatable bonds is 4. The Kier molecular flexibility index (Phi) is 3.48. The first-order chi connectivity index (χ1) is 6.58. The van der Waals surface area contributed by atoms with Crippen LogP contribution in [0.2, 0.25) is 0 Å². The van der Waals surface area contributed by atoms with Gasteiger partial charge in [0.1, 0.15) is 0 Å². The van der Waals surface area contributed by atoms with Gasteiger partial charge in [-0.3, -0.25) is 4.79 Å². The summed E-state index contributed by atoms with van der Waals surface area (Å²) in [4.78, 5) is 13.1. The number of nitriles is 1. The number of hydrogen-bond acceptors (Lipinski definition) is 3. The average Bonchev–Trinajstić information content (AvgIpc) is 2.50. The molecular weight excluding hydrogens is 180 g/mol. The van der Waals surface area contributed by atoms with E-state index in [-0.39, 0.29) is 0 Å². The monoisotopic (exact) mass is 196 g/mol. The van der Waals surface area contributed by atoms with Gasteiger partial charge in [0.15, 0.2) is 0 Å². The molecule has 14 heavy (non-hydrogen) atoms. The molecule has 0 radical (unpaired) electrons. The minimum absolute atomic E-state index is 0.556. The summed E-state index contributed by atoms with van der Waals surface area (Å²) in [5, 5.41) is 17.4. The number of likely N-dealkylation sites (tertiary alicyclic amines) is 1. The predicted octanol–water partition coefficient (Wildman–Crippen LogP) is 1.09. The highest BCUT2D eigenvalue weighted by atomic mass is 16.4. The predicted molar refractivity (Wildman–Crippen MR) is 51.6 cm³/mol. The third kappa shape index (κ3) is 2.46. The van der Waals surface area contributed by atoms with Gasteiger partial charge in [0.05, 0.1) is 11.5 Å². The van der Waals surface area contributed by atoms with E-state index in [0.29, 0.717) is 13.0 Å². The van der Waals surface area contributed by atoms with E-state index >= 15 is 0 Å². The molecule has 0 amide bonds. The first kappa shape index (κ1) is 11.0. The van der Waals surface area contributed by atoms with Crippen molar-refractivity contribution in [2.75, 3.05) is 19.6 Å². The van der Waals surface area contributed by atoms with Crippen LogP contribution in [0.25, 0.3) is 0 Å². The van der Waals surface area contributed by atoms with Crippen LogP contribution >= 0.6 is 0 Å². The van der Waals surface area contributed by atoms with Gasteiger partial charge in [-0.05, 0) is 32.9 Å². The zero-order valence-corrected chi connectivity index (χ0v) is 8.49. The molecule has 1 N–H and O–H groups in total. The molecule has 1 aliphatic heterocycles. The molecule has 1 saturated heterocycles. The molecule has 0 bridgehead atoms. The van der Waals surface area contributed by atoms with Crippen LogP contribution < -0.4 is 0 Å². The van der Waals surface area contributed by atoms with E-state index < -0.39 is 11.4 Å². The first-order valence-corrected chi connectivity index (χ1v) is 4.91. The Bertz CT molecular complexity index is 259. The average molecular weight is 196 g/mol. The number of nitrogens with zero attached hydrogens (tertiary/aromatic N) is 2. The van der Waals surface area contributed by atoms with Crippen molar-refractivity contribution in [2.24, 2.45) is 5.41 Å². The van der Waals surface area contributed by atoms with Gasteiger partial charge >= 0.3 is 5.97 Å². The summed E-state index contributed by atoms with van der Waals surface area (Å²) in [5.41, 5.74) is -0.577. The van der Waals surface area contributed by atoms with Gasteiger partial charge in [-0.2, -0.15) is 5.26 Å². The van der Waals surface area contributed by atoms with E-state index in [1.54, 1.807) is 6.92 Å². The minimum atomic E-state index is -0.708. The molecule has 0 aromatic rings. The molecule has 0 saturated carbocycles. The van der Waals surface area contributed by atoms with Gasteiger partial charge < -0.3 is 10.0 Å². The lowest BCUT2D eigenvalue weighted by molar-refractivity contribution is -0.147. The Morgan fingerprint density at radius 2 is 2.43 bits per heavy atom. The van der Waals surface area contributed by atoms with Crippen molar-refractivity contribution >= 4 is 5.97 Å². The summed E-state index contributed by atoms with van der Waals surface area (Å²) in [7, 11) is 0. The lowest BCUT2D eigenvalue weighted by Crippen LogP contribution is -2.32. The molecule has 4 nitrogen and oxygen atoms in total. The Labute approximate surface area is 84.1 Å². The highest BCUT2D eigenvalue weighted by molar-refractivity contribution is 5.74. The summed E-state index contributed by atoms with van der Waals surface area (Å²) < 4.78 is 0. The molecule has 0 spiro atoms. The Balaban J connectivity index is 2.34. The van der Waals surface area contributed by atoms with Crippen LogP contribution in [0.15, 0.2) is 0 Å². The molecule has 1 aliphatic rings. The lowest BCUT2D eigenvalue weighted by atomic mass is 9.90. The summed E-state index contributed by atoms with van der Waals surface area (Å²) in [6, 6.07) is 2.09. The highest BCUT2D eigenvalue weighted by Gasteiger charge is 2.39. The summed E-state index contributed by atoms with van der Waals surface area (Å²) in [6.45, 7) is 4.10. The van der Waals surface area contributed by atoms with Crippen LogP contribution in [-0.4, -0.2) is 35.6 Å². The number of hydrogen-bond donors (Lipinski definition) is 1. The maximum absolute atomic E-state index is 10.9. The van der Waals surface area contributed by atoms with Crippen LogP contribution in [0.4, 0.5) is 0 Å². The number of carboxylic acid groups (broad SMARTS) is 1. The quantitative estimate of drug-likeness (QED) is 0.683. The van der Waals surface area contributed by atoms with Crippen molar-refractivity contribution in [3.05, 3.63) is 0 Å². The van der Waals surface area contributed by atoms with Gasteiger partial charge in [-0.15, -0.1) is 0 Å². The van der Waals surface area contributed by atoms with Crippen molar-refractivity contribution in [3.63, 3.8) is 0 Å². The molecule has 0 aromatic carbocycles. The van der Waals surface area contributed by atoms with E-state index in [4.69, 9.17) is 10.4 Å². The Morgan fingerprint density at radius 1 is 1.71 bits per heavy atom. The first-order valence-electron chi connectivity index (χ1n) is 4.91. The van der Waals surface area contributed by atoms with Crippen LogP contribution in [0.1, 0.15) is 26.2 Å². The van der Waals surface area contributed by atoms with Crippen LogP contribution in [0.5, 0.6) is 0 Å². The van der Waals surface area contributed by atoms with Gasteiger partial charge in [0, 0.05) is 13.0 Å². The summed E-state index contributed by atoms with van der Waals surface area (Å²) in [5.74, 6) is -0.708. The van der Waals surface area contributed by atoms with Crippen molar-refractivity contribution in [2.45, 2.75) is 26.2 Å². The third-order valence-corrected chi connectivity index (χ3v) is 2.83. The second-order valence-corrected chi connectivity index (χ2v) is 4.15. The van der Waals surface area contributed by atoms with E-state index in [0.717, 1.165) is 25.9 Å².